The van der Waals surface area contributed by atoms with E-state index < -0.39 is 0 Å². The Hall–Kier alpha value is -3.80. The average molecular weight is 402 g/mol. The van der Waals surface area contributed by atoms with Gasteiger partial charge in [0.15, 0.2) is 11.5 Å². The van der Waals surface area contributed by atoms with Gasteiger partial charge in [0.25, 0.3) is 5.89 Å². The van der Waals surface area contributed by atoms with Gasteiger partial charge in [0.1, 0.15) is 12.4 Å². The molecule has 3 aromatic carbocycles. The third-order valence-corrected chi connectivity index (χ3v) is 4.68. The second kappa shape index (κ2) is 8.69. The summed E-state index contributed by atoms with van der Waals surface area (Å²) in [7, 11) is 3.23. The fourth-order valence-corrected chi connectivity index (χ4v) is 2.99. The molecule has 152 valence electrons. The Balaban J connectivity index is 1.54. The van der Waals surface area contributed by atoms with Crippen LogP contribution >= 0.6 is 0 Å². The van der Waals surface area contributed by atoms with Crippen molar-refractivity contribution in [3.8, 4) is 40.1 Å². The van der Waals surface area contributed by atoms with Crippen LogP contribution in [-0.2, 0) is 6.61 Å². The van der Waals surface area contributed by atoms with Gasteiger partial charge in [0, 0.05) is 11.1 Å². The van der Waals surface area contributed by atoms with Gasteiger partial charge in [-0.25, -0.2) is 0 Å². The zero-order valence-corrected chi connectivity index (χ0v) is 17.1. The lowest BCUT2D eigenvalue weighted by Crippen LogP contribution is -1.98. The Kier molecular flexibility index (Phi) is 5.66. The van der Waals surface area contributed by atoms with Crippen LogP contribution in [0, 0.1) is 6.92 Å². The standard InChI is InChI=1S/C24H22N2O4/c1-16-7-9-17(10-8-16)15-29-21-12-11-18(14-22(21)28-3)23-25-24(30-26-23)19-5-4-6-20(13-19)27-2/h4-14H,15H2,1-3H3. The first-order valence-corrected chi connectivity index (χ1v) is 9.51. The van der Waals surface area contributed by atoms with Gasteiger partial charge >= 0.3 is 0 Å². The van der Waals surface area contributed by atoms with E-state index in [2.05, 4.69) is 41.3 Å². The van der Waals surface area contributed by atoms with Crippen molar-refractivity contribution in [1.82, 2.24) is 10.1 Å². The molecular weight excluding hydrogens is 380 g/mol. The first-order valence-electron chi connectivity index (χ1n) is 9.51. The van der Waals surface area contributed by atoms with E-state index in [4.69, 9.17) is 18.7 Å². The number of rotatable bonds is 7. The van der Waals surface area contributed by atoms with Crippen molar-refractivity contribution in [2.75, 3.05) is 14.2 Å². The Bertz CT molecular complexity index is 1140. The van der Waals surface area contributed by atoms with E-state index in [-0.39, 0.29) is 0 Å². The fraction of sp³-hybridized carbons (Fsp3) is 0.167. The molecule has 0 saturated carbocycles. The van der Waals surface area contributed by atoms with Gasteiger partial charge in [0.05, 0.1) is 14.2 Å². The maximum Gasteiger partial charge on any atom is 0.258 e. The molecule has 6 heteroatoms. The van der Waals surface area contributed by atoms with Crippen LogP contribution in [0.4, 0.5) is 0 Å². The minimum atomic E-state index is 0.419. The summed E-state index contributed by atoms with van der Waals surface area (Å²) < 4.78 is 22.1. The van der Waals surface area contributed by atoms with E-state index in [0.29, 0.717) is 29.8 Å². The molecule has 0 N–H and O–H groups in total. The minimum Gasteiger partial charge on any atom is -0.497 e. The number of aromatic nitrogens is 2. The van der Waals surface area contributed by atoms with E-state index in [1.54, 1.807) is 14.2 Å². The molecule has 0 radical (unpaired) electrons. The topological polar surface area (TPSA) is 66.6 Å². The predicted octanol–water partition coefficient (Wildman–Crippen LogP) is 5.31. The number of hydrogen-bond acceptors (Lipinski definition) is 6. The molecule has 6 nitrogen and oxygen atoms in total. The summed E-state index contributed by atoms with van der Waals surface area (Å²) in [5.41, 5.74) is 3.87. The van der Waals surface area contributed by atoms with Gasteiger partial charge in [-0.05, 0) is 48.9 Å². The Morgan fingerprint density at radius 3 is 2.43 bits per heavy atom. The van der Waals surface area contributed by atoms with Gasteiger partial charge in [-0.3, -0.25) is 0 Å². The SMILES string of the molecule is COc1cccc(-c2nc(-c3ccc(OCc4ccc(C)cc4)c(OC)c3)no2)c1. The smallest absolute Gasteiger partial charge is 0.258 e. The van der Waals surface area contributed by atoms with Crippen molar-refractivity contribution in [2.24, 2.45) is 0 Å². The molecule has 0 aliphatic carbocycles. The van der Waals surface area contributed by atoms with Crippen LogP contribution in [0.1, 0.15) is 11.1 Å². The molecule has 4 rings (SSSR count). The predicted molar refractivity (Wildman–Crippen MR) is 114 cm³/mol. The summed E-state index contributed by atoms with van der Waals surface area (Å²) in [4.78, 5) is 4.50. The minimum absolute atomic E-state index is 0.419. The number of nitrogens with zero attached hydrogens (tertiary/aromatic N) is 2. The molecular formula is C24H22N2O4. The number of methoxy groups -OCH3 is 2. The van der Waals surface area contributed by atoms with Crippen molar-refractivity contribution in [1.29, 1.82) is 0 Å². The monoisotopic (exact) mass is 402 g/mol. The summed E-state index contributed by atoms with van der Waals surface area (Å²) >= 11 is 0. The second-order valence-electron chi connectivity index (χ2n) is 6.80. The van der Waals surface area contributed by atoms with Crippen LogP contribution in [0.25, 0.3) is 22.8 Å². The fourth-order valence-electron chi connectivity index (χ4n) is 2.99. The molecule has 0 bridgehead atoms. The molecule has 0 saturated heterocycles. The molecule has 0 aliphatic rings. The highest BCUT2D eigenvalue weighted by Crippen LogP contribution is 2.33. The second-order valence-corrected chi connectivity index (χ2v) is 6.80. The number of ether oxygens (including phenoxy) is 3. The van der Waals surface area contributed by atoms with Crippen molar-refractivity contribution >= 4 is 0 Å². The molecule has 30 heavy (non-hydrogen) atoms. The van der Waals surface area contributed by atoms with E-state index in [9.17, 15) is 0 Å². The molecule has 1 heterocycles. The Labute approximate surface area is 175 Å². The number of benzene rings is 3. The molecule has 0 unspecified atom stereocenters. The summed E-state index contributed by atoms with van der Waals surface area (Å²) in [5.74, 6) is 2.87. The summed E-state index contributed by atoms with van der Waals surface area (Å²) in [6, 6.07) is 21.3. The molecule has 0 amide bonds. The summed E-state index contributed by atoms with van der Waals surface area (Å²) in [5, 5.41) is 4.10. The van der Waals surface area contributed by atoms with Crippen molar-refractivity contribution < 1.29 is 18.7 Å². The van der Waals surface area contributed by atoms with Crippen molar-refractivity contribution in [2.45, 2.75) is 13.5 Å². The summed E-state index contributed by atoms with van der Waals surface area (Å²) in [6.07, 6.45) is 0. The van der Waals surface area contributed by atoms with Gasteiger partial charge in [-0.15, -0.1) is 0 Å². The lowest BCUT2D eigenvalue weighted by molar-refractivity contribution is 0.284. The molecule has 0 fully saturated rings. The maximum atomic E-state index is 5.94. The molecule has 0 atom stereocenters. The van der Waals surface area contributed by atoms with Crippen LogP contribution in [-0.4, -0.2) is 24.4 Å². The van der Waals surface area contributed by atoms with Crippen LogP contribution < -0.4 is 14.2 Å². The van der Waals surface area contributed by atoms with Crippen molar-refractivity contribution in [3.63, 3.8) is 0 Å². The largest absolute Gasteiger partial charge is 0.497 e. The van der Waals surface area contributed by atoms with Crippen molar-refractivity contribution in [3.05, 3.63) is 77.9 Å². The highest BCUT2D eigenvalue weighted by Gasteiger charge is 2.14. The van der Waals surface area contributed by atoms with Gasteiger partial charge < -0.3 is 18.7 Å². The number of aryl methyl sites for hydroxylation is 1. The molecule has 0 spiro atoms. The lowest BCUT2D eigenvalue weighted by Gasteiger charge is -2.11. The highest BCUT2D eigenvalue weighted by atomic mass is 16.5. The lowest BCUT2D eigenvalue weighted by atomic mass is 10.1. The third-order valence-electron chi connectivity index (χ3n) is 4.68. The zero-order chi connectivity index (χ0) is 20.9. The van der Waals surface area contributed by atoms with Crippen LogP contribution in [0.3, 0.4) is 0 Å². The average Bonchev–Trinajstić information content (AvgIpc) is 3.29. The maximum absolute atomic E-state index is 5.94. The van der Waals surface area contributed by atoms with Gasteiger partial charge in [0.2, 0.25) is 5.82 Å². The normalized spacial score (nSPS) is 10.6. The van der Waals surface area contributed by atoms with E-state index in [1.807, 2.05) is 42.5 Å². The van der Waals surface area contributed by atoms with Crippen LogP contribution in [0.15, 0.2) is 71.3 Å². The van der Waals surface area contributed by atoms with Gasteiger partial charge in [-0.2, -0.15) is 4.98 Å². The van der Waals surface area contributed by atoms with Crippen LogP contribution in [0.5, 0.6) is 17.2 Å². The number of hydrogen-bond donors (Lipinski definition) is 0. The molecule has 1 aromatic heterocycles. The third kappa shape index (κ3) is 4.27. The van der Waals surface area contributed by atoms with E-state index >= 15 is 0 Å². The zero-order valence-electron chi connectivity index (χ0n) is 17.1. The first-order chi connectivity index (χ1) is 14.7. The van der Waals surface area contributed by atoms with E-state index in [1.165, 1.54) is 5.56 Å². The Morgan fingerprint density at radius 2 is 1.67 bits per heavy atom. The quantitative estimate of drug-likeness (QED) is 0.417. The van der Waals surface area contributed by atoms with Gasteiger partial charge in [-0.1, -0.05) is 41.1 Å². The highest BCUT2D eigenvalue weighted by molar-refractivity contribution is 5.64. The molecule has 0 aliphatic heterocycles. The Morgan fingerprint density at radius 1 is 0.833 bits per heavy atom. The summed E-state index contributed by atoms with van der Waals surface area (Å²) in [6.45, 7) is 2.52. The van der Waals surface area contributed by atoms with Crippen LogP contribution in [0.2, 0.25) is 0 Å². The molecule has 4 aromatic rings. The van der Waals surface area contributed by atoms with E-state index in [0.717, 1.165) is 22.4 Å². The first kappa shape index (κ1) is 19.5.